The number of hydrogen-bond donors (Lipinski definition) is 2. The van der Waals surface area contributed by atoms with Crippen molar-refractivity contribution >= 4 is 11.4 Å². The molecule has 4 N–H and O–H groups in total. The highest BCUT2D eigenvalue weighted by atomic mass is 19.1. The van der Waals surface area contributed by atoms with Crippen molar-refractivity contribution in [1.82, 2.24) is 0 Å². The number of ether oxygens (including phenoxy) is 1. The van der Waals surface area contributed by atoms with Gasteiger partial charge in [0.05, 0.1) is 6.61 Å². The third kappa shape index (κ3) is 3.13. The molecule has 0 saturated heterocycles. The lowest BCUT2D eigenvalue weighted by Gasteiger charge is -2.07. The Morgan fingerprint density at radius 2 is 1.61 bits per heavy atom. The van der Waals surface area contributed by atoms with E-state index < -0.39 is 0 Å². The number of hydrogen-bond acceptors (Lipinski definition) is 3. The SMILES string of the molecule is Nc1ccc(OCCc2ccc(N)cc2F)cc1. The van der Waals surface area contributed by atoms with Crippen LogP contribution in [0.4, 0.5) is 15.8 Å². The number of nitrogen functional groups attached to an aromatic ring is 2. The van der Waals surface area contributed by atoms with Gasteiger partial charge in [0.1, 0.15) is 11.6 Å². The lowest BCUT2D eigenvalue weighted by molar-refractivity contribution is 0.320. The van der Waals surface area contributed by atoms with Crippen LogP contribution < -0.4 is 16.2 Å². The predicted molar refractivity (Wildman–Crippen MR) is 70.9 cm³/mol. The second kappa shape index (κ2) is 5.40. The smallest absolute Gasteiger partial charge is 0.128 e. The van der Waals surface area contributed by atoms with Crippen LogP contribution in [-0.2, 0) is 6.42 Å². The highest BCUT2D eigenvalue weighted by molar-refractivity contribution is 5.42. The fraction of sp³-hybridized carbons (Fsp3) is 0.143. The highest BCUT2D eigenvalue weighted by Crippen LogP contribution is 2.15. The Morgan fingerprint density at radius 1 is 0.944 bits per heavy atom. The Bertz CT molecular complexity index is 526. The van der Waals surface area contributed by atoms with Crippen molar-refractivity contribution < 1.29 is 9.13 Å². The average molecular weight is 246 g/mol. The highest BCUT2D eigenvalue weighted by Gasteiger charge is 2.02. The van der Waals surface area contributed by atoms with Gasteiger partial charge in [0.15, 0.2) is 0 Å². The van der Waals surface area contributed by atoms with Gasteiger partial charge in [-0.25, -0.2) is 4.39 Å². The summed E-state index contributed by atoms with van der Waals surface area (Å²) < 4.78 is 19.0. The number of benzene rings is 2. The maximum Gasteiger partial charge on any atom is 0.128 e. The summed E-state index contributed by atoms with van der Waals surface area (Å²) in [5.74, 6) is 0.427. The van der Waals surface area contributed by atoms with E-state index in [0.717, 1.165) is 5.75 Å². The number of halogens is 1. The van der Waals surface area contributed by atoms with Gasteiger partial charge in [-0.05, 0) is 42.0 Å². The molecule has 2 rings (SSSR count). The molecule has 94 valence electrons. The second-order valence-electron chi connectivity index (χ2n) is 4.02. The van der Waals surface area contributed by atoms with Crippen LogP contribution >= 0.6 is 0 Å². The topological polar surface area (TPSA) is 61.3 Å². The minimum atomic E-state index is -0.295. The number of anilines is 2. The van der Waals surface area contributed by atoms with Gasteiger partial charge in [-0.2, -0.15) is 0 Å². The summed E-state index contributed by atoms with van der Waals surface area (Å²) in [5.41, 5.74) is 12.8. The van der Waals surface area contributed by atoms with Crippen LogP contribution in [0.25, 0.3) is 0 Å². The fourth-order valence-electron chi connectivity index (χ4n) is 1.61. The summed E-state index contributed by atoms with van der Waals surface area (Å²) >= 11 is 0. The lowest BCUT2D eigenvalue weighted by Crippen LogP contribution is -2.03. The maximum absolute atomic E-state index is 13.5. The van der Waals surface area contributed by atoms with Gasteiger partial charge < -0.3 is 16.2 Å². The molecule has 0 spiro atoms. The Morgan fingerprint density at radius 3 is 2.28 bits per heavy atom. The first-order valence-electron chi connectivity index (χ1n) is 5.67. The zero-order chi connectivity index (χ0) is 13.0. The van der Waals surface area contributed by atoms with Crippen LogP contribution in [0.3, 0.4) is 0 Å². The van der Waals surface area contributed by atoms with E-state index in [4.69, 9.17) is 16.2 Å². The normalized spacial score (nSPS) is 10.3. The molecule has 0 radical (unpaired) electrons. The molecule has 4 heteroatoms. The third-order valence-corrected chi connectivity index (χ3v) is 2.60. The first kappa shape index (κ1) is 12.2. The van der Waals surface area contributed by atoms with Crippen molar-refractivity contribution in [3.8, 4) is 5.75 Å². The van der Waals surface area contributed by atoms with Gasteiger partial charge in [-0.3, -0.25) is 0 Å². The van der Waals surface area contributed by atoms with Gasteiger partial charge in [0.25, 0.3) is 0 Å². The van der Waals surface area contributed by atoms with Crippen LogP contribution in [0.2, 0.25) is 0 Å². The maximum atomic E-state index is 13.5. The Kier molecular flexibility index (Phi) is 3.67. The molecule has 0 aliphatic carbocycles. The van der Waals surface area contributed by atoms with Crippen molar-refractivity contribution in [3.63, 3.8) is 0 Å². The summed E-state index contributed by atoms with van der Waals surface area (Å²) in [7, 11) is 0. The van der Waals surface area contributed by atoms with E-state index in [1.807, 2.05) is 0 Å². The number of rotatable bonds is 4. The van der Waals surface area contributed by atoms with E-state index in [2.05, 4.69) is 0 Å². The van der Waals surface area contributed by atoms with Crippen LogP contribution in [0.5, 0.6) is 5.75 Å². The molecule has 0 aromatic heterocycles. The molecular formula is C14H15FN2O. The van der Waals surface area contributed by atoms with Crippen molar-refractivity contribution in [1.29, 1.82) is 0 Å². The molecule has 3 nitrogen and oxygen atoms in total. The first-order chi connectivity index (χ1) is 8.65. The monoisotopic (exact) mass is 246 g/mol. The first-order valence-corrected chi connectivity index (χ1v) is 5.67. The third-order valence-electron chi connectivity index (χ3n) is 2.60. The molecule has 0 bridgehead atoms. The van der Waals surface area contributed by atoms with E-state index in [1.54, 1.807) is 36.4 Å². The molecule has 0 fully saturated rings. The fourth-order valence-corrected chi connectivity index (χ4v) is 1.61. The van der Waals surface area contributed by atoms with E-state index in [-0.39, 0.29) is 5.82 Å². The van der Waals surface area contributed by atoms with Crippen LogP contribution in [-0.4, -0.2) is 6.61 Å². The standard InChI is InChI=1S/C14H15FN2O/c15-14-9-12(17)2-1-10(14)7-8-18-13-5-3-11(16)4-6-13/h1-6,9H,7-8,16-17H2. The zero-order valence-corrected chi connectivity index (χ0v) is 9.90. The molecule has 0 amide bonds. The van der Waals surface area contributed by atoms with Gasteiger partial charge in [0, 0.05) is 17.8 Å². The molecule has 0 aliphatic rings. The molecular weight excluding hydrogens is 231 g/mol. The van der Waals surface area contributed by atoms with Crippen LogP contribution in [0.15, 0.2) is 42.5 Å². The van der Waals surface area contributed by atoms with Crippen LogP contribution in [0.1, 0.15) is 5.56 Å². The van der Waals surface area contributed by atoms with Crippen molar-refractivity contribution in [2.45, 2.75) is 6.42 Å². The summed E-state index contributed by atoms with van der Waals surface area (Å²) in [6.45, 7) is 0.407. The van der Waals surface area contributed by atoms with E-state index in [0.29, 0.717) is 30.0 Å². The van der Waals surface area contributed by atoms with Crippen molar-refractivity contribution in [2.75, 3.05) is 18.1 Å². The average Bonchev–Trinajstić information content (AvgIpc) is 2.34. The quantitative estimate of drug-likeness (QED) is 0.815. The zero-order valence-electron chi connectivity index (χ0n) is 9.90. The summed E-state index contributed by atoms with van der Waals surface area (Å²) in [5, 5.41) is 0. The van der Waals surface area contributed by atoms with E-state index in [9.17, 15) is 4.39 Å². The predicted octanol–water partition coefficient (Wildman–Crippen LogP) is 2.61. The second-order valence-corrected chi connectivity index (χ2v) is 4.02. The molecule has 18 heavy (non-hydrogen) atoms. The molecule has 0 unspecified atom stereocenters. The minimum Gasteiger partial charge on any atom is -0.493 e. The van der Waals surface area contributed by atoms with E-state index >= 15 is 0 Å². The molecule has 0 heterocycles. The number of nitrogens with two attached hydrogens (primary N) is 2. The summed E-state index contributed by atoms with van der Waals surface area (Å²) in [4.78, 5) is 0. The molecule has 0 atom stereocenters. The van der Waals surface area contributed by atoms with E-state index in [1.165, 1.54) is 6.07 Å². The summed E-state index contributed by atoms with van der Waals surface area (Å²) in [6, 6.07) is 11.8. The molecule has 2 aromatic rings. The minimum absolute atomic E-state index is 0.295. The summed E-state index contributed by atoms with van der Waals surface area (Å²) in [6.07, 6.45) is 0.497. The largest absolute Gasteiger partial charge is 0.493 e. The van der Waals surface area contributed by atoms with Crippen molar-refractivity contribution in [3.05, 3.63) is 53.8 Å². The van der Waals surface area contributed by atoms with Gasteiger partial charge in [0.2, 0.25) is 0 Å². The molecule has 2 aromatic carbocycles. The molecule has 0 saturated carbocycles. The molecule has 0 aliphatic heterocycles. The lowest BCUT2D eigenvalue weighted by atomic mass is 10.1. The Balaban J connectivity index is 1.90. The van der Waals surface area contributed by atoms with Crippen molar-refractivity contribution in [2.24, 2.45) is 0 Å². The Labute approximate surface area is 105 Å². The van der Waals surface area contributed by atoms with Crippen LogP contribution in [0, 0.1) is 5.82 Å². The van der Waals surface area contributed by atoms with Gasteiger partial charge in [-0.1, -0.05) is 6.07 Å². The Hall–Kier alpha value is -2.23. The van der Waals surface area contributed by atoms with Gasteiger partial charge >= 0.3 is 0 Å². The van der Waals surface area contributed by atoms with Gasteiger partial charge in [-0.15, -0.1) is 0 Å².